The minimum atomic E-state index is -0.152. The van der Waals surface area contributed by atoms with Gasteiger partial charge < -0.3 is 14.8 Å². The maximum absolute atomic E-state index is 11.9. The van der Waals surface area contributed by atoms with Gasteiger partial charge in [0, 0.05) is 10.2 Å². The number of halogens is 1. The first-order chi connectivity index (χ1) is 11.7. The molecule has 0 aliphatic carbocycles. The fourth-order valence-electron chi connectivity index (χ4n) is 2.28. The van der Waals surface area contributed by atoms with E-state index in [0.29, 0.717) is 18.9 Å². The van der Waals surface area contributed by atoms with Gasteiger partial charge in [-0.25, -0.2) is 0 Å². The largest absolute Gasteiger partial charge is 0.486 e. The standard InChI is InChI=1S/C18H18BrNO3S/c19-14-7-5-13(6-8-14)11-24-12-18(21)20-9-15-10-22-16-3-1-2-4-17(16)23-15/h1-8,15H,9-12H2,(H,20,21). The maximum atomic E-state index is 11.9. The average Bonchev–Trinajstić information content (AvgIpc) is 2.61. The molecule has 0 bridgehead atoms. The lowest BCUT2D eigenvalue weighted by Crippen LogP contribution is -2.41. The van der Waals surface area contributed by atoms with Crippen LogP contribution in [0.15, 0.2) is 53.0 Å². The van der Waals surface area contributed by atoms with Crippen molar-refractivity contribution in [1.29, 1.82) is 0 Å². The predicted molar refractivity (Wildman–Crippen MR) is 99.7 cm³/mol. The van der Waals surface area contributed by atoms with Gasteiger partial charge in [-0.2, -0.15) is 0 Å². The molecule has 4 nitrogen and oxygen atoms in total. The third-order valence-corrected chi connectivity index (χ3v) is 5.04. The quantitative estimate of drug-likeness (QED) is 0.793. The first-order valence-electron chi connectivity index (χ1n) is 7.68. The number of rotatable bonds is 6. The second kappa shape index (κ2) is 8.44. The van der Waals surface area contributed by atoms with Crippen LogP contribution < -0.4 is 14.8 Å². The molecule has 2 aromatic rings. The predicted octanol–water partition coefficient (Wildman–Crippen LogP) is 3.64. The molecule has 1 N–H and O–H groups in total. The number of carbonyl (C=O) groups excluding carboxylic acids is 1. The fourth-order valence-corrected chi connectivity index (χ4v) is 3.37. The average molecular weight is 408 g/mol. The van der Waals surface area contributed by atoms with Crippen LogP contribution >= 0.6 is 27.7 Å². The summed E-state index contributed by atoms with van der Waals surface area (Å²) < 4.78 is 12.5. The molecule has 1 heterocycles. The molecule has 6 heteroatoms. The SMILES string of the molecule is O=C(CSCc1ccc(Br)cc1)NCC1COc2ccccc2O1. The minimum absolute atomic E-state index is 0.0135. The van der Waals surface area contributed by atoms with Crippen molar-refractivity contribution in [3.63, 3.8) is 0 Å². The van der Waals surface area contributed by atoms with Gasteiger partial charge in [0.05, 0.1) is 12.3 Å². The van der Waals surface area contributed by atoms with Crippen molar-refractivity contribution < 1.29 is 14.3 Å². The van der Waals surface area contributed by atoms with Gasteiger partial charge >= 0.3 is 0 Å². The van der Waals surface area contributed by atoms with Crippen molar-refractivity contribution in [1.82, 2.24) is 5.32 Å². The molecule has 1 aliphatic heterocycles. The molecule has 1 aliphatic rings. The number of benzene rings is 2. The lowest BCUT2D eigenvalue weighted by molar-refractivity contribution is -0.119. The molecular weight excluding hydrogens is 390 g/mol. The van der Waals surface area contributed by atoms with Crippen LogP contribution in [-0.2, 0) is 10.5 Å². The maximum Gasteiger partial charge on any atom is 0.230 e. The van der Waals surface area contributed by atoms with Gasteiger partial charge in [-0.05, 0) is 29.8 Å². The van der Waals surface area contributed by atoms with Crippen molar-refractivity contribution in [3.05, 3.63) is 58.6 Å². The van der Waals surface area contributed by atoms with E-state index >= 15 is 0 Å². The van der Waals surface area contributed by atoms with Crippen LogP contribution in [0.3, 0.4) is 0 Å². The molecule has 2 aromatic carbocycles. The molecule has 0 fully saturated rings. The number of carbonyl (C=O) groups is 1. The number of nitrogens with one attached hydrogen (secondary N) is 1. The van der Waals surface area contributed by atoms with E-state index in [2.05, 4.69) is 33.4 Å². The van der Waals surface area contributed by atoms with Crippen LogP contribution in [0.25, 0.3) is 0 Å². The van der Waals surface area contributed by atoms with Gasteiger partial charge in [-0.3, -0.25) is 4.79 Å². The Labute approximate surface area is 154 Å². The molecule has 3 rings (SSSR count). The molecule has 0 saturated heterocycles. The molecule has 24 heavy (non-hydrogen) atoms. The number of ether oxygens (including phenoxy) is 2. The highest BCUT2D eigenvalue weighted by molar-refractivity contribution is 9.10. The van der Waals surface area contributed by atoms with Crippen molar-refractivity contribution in [2.75, 3.05) is 18.9 Å². The normalized spacial score (nSPS) is 15.8. The summed E-state index contributed by atoms with van der Waals surface area (Å²) in [4.78, 5) is 11.9. The molecule has 1 atom stereocenters. The molecule has 0 saturated carbocycles. The van der Waals surface area contributed by atoms with E-state index in [1.807, 2.05) is 36.4 Å². The second-order valence-electron chi connectivity index (χ2n) is 5.42. The lowest BCUT2D eigenvalue weighted by atomic mass is 10.2. The van der Waals surface area contributed by atoms with E-state index in [1.54, 1.807) is 11.8 Å². The highest BCUT2D eigenvalue weighted by Crippen LogP contribution is 2.30. The van der Waals surface area contributed by atoms with Gasteiger partial charge in [0.25, 0.3) is 0 Å². The monoisotopic (exact) mass is 407 g/mol. The number of fused-ring (bicyclic) bond motifs is 1. The van der Waals surface area contributed by atoms with Crippen molar-refractivity contribution in [3.8, 4) is 11.5 Å². The Balaban J connectivity index is 1.36. The van der Waals surface area contributed by atoms with Crippen molar-refractivity contribution in [2.24, 2.45) is 0 Å². The minimum Gasteiger partial charge on any atom is -0.486 e. The lowest BCUT2D eigenvalue weighted by Gasteiger charge is -2.26. The number of para-hydroxylation sites is 2. The number of hydrogen-bond donors (Lipinski definition) is 1. The Hall–Kier alpha value is -1.66. The number of thioether (sulfide) groups is 1. The number of amides is 1. The van der Waals surface area contributed by atoms with E-state index in [0.717, 1.165) is 21.7 Å². The van der Waals surface area contributed by atoms with Crippen LogP contribution in [0.5, 0.6) is 11.5 Å². The smallest absolute Gasteiger partial charge is 0.230 e. The molecule has 0 aromatic heterocycles. The Kier molecular flexibility index (Phi) is 6.04. The summed E-state index contributed by atoms with van der Waals surface area (Å²) in [7, 11) is 0. The summed E-state index contributed by atoms with van der Waals surface area (Å²) in [6.07, 6.45) is -0.152. The van der Waals surface area contributed by atoms with E-state index in [-0.39, 0.29) is 12.0 Å². The van der Waals surface area contributed by atoms with Crippen LogP contribution in [0, 0.1) is 0 Å². The summed E-state index contributed by atoms with van der Waals surface area (Å²) in [5, 5.41) is 2.91. The Morgan fingerprint density at radius 2 is 1.92 bits per heavy atom. The molecule has 0 spiro atoms. The van der Waals surface area contributed by atoms with E-state index in [4.69, 9.17) is 9.47 Å². The molecule has 126 valence electrons. The summed E-state index contributed by atoms with van der Waals surface area (Å²) in [5.74, 6) is 2.74. The summed E-state index contributed by atoms with van der Waals surface area (Å²) in [5.41, 5.74) is 1.21. The summed E-state index contributed by atoms with van der Waals surface area (Å²) in [6.45, 7) is 0.898. The van der Waals surface area contributed by atoms with Gasteiger partial charge in [-0.15, -0.1) is 11.8 Å². The van der Waals surface area contributed by atoms with Crippen LogP contribution in [0.4, 0.5) is 0 Å². The van der Waals surface area contributed by atoms with Gasteiger partial charge in [-0.1, -0.05) is 40.2 Å². The molecule has 1 unspecified atom stereocenters. The van der Waals surface area contributed by atoms with E-state index < -0.39 is 0 Å². The third kappa shape index (κ3) is 4.92. The van der Waals surface area contributed by atoms with Crippen molar-refractivity contribution >= 4 is 33.6 Å². The Morgan fingerprint density at radius 1 is 1.17 bits per heavy atom. The van der Waals surface area contributed by atoms with E-state index in [1.165, 1.54) is 5.56 Å². The Morgan fingerprint density at radius 3 is 2.71 bits per heavy atom. The third-order valence-electron chi connectivity index (χ3n) is 3.51. The van der Waals surface area contributed by atoms with Crippen LogP contribution in [0.1, 0.15) is 5.56 Å². The van der Waals surface area contributed by atoms with Gasteiger partial charge in [0.2, 0.25) is 5.91 Å². The second-order valence-corrected chi connectivity index (χ2v) is 7.32. The van der Waals surface area contributed by atoms with Gasteiger partial charge in [0.15, 0.2) is 11.5 Å². The Bertz CT molecular complexity index is 693. The van der Waals surface area contributed by atoms with E-state index in [9.17, 15) is 4.79 Å². The topological polar surface area (TPSA) is 47.6 Å². The number of hydrogen-bond acceptors (Lipinski definition) is 4. The molecular formula is C18H18BrNO3S. The van der Waals surface area contributed by atoms with Gasteiger partial charge in [0.1, 0.15) is 12.7 Å². The molecule has 1 amide bonds. The first-order valence-corrected chi connectivity index (χ1v) is 9.63. The van der Waals surface area contributed by atoms with Crippen LogP contribution in [-0.4, -0.2) is 30.9 Å². The first kappa shape index (κ1) is 17.2. The zero-order valence-electron chi connectivity index (χ0n) is 13.0. The highest BCUT2D eigenvalue weighted by Gasteiger charge is 2.20. The zero-order valence-corrected chi connectivity index (χ0v) is 15.4. The highest BCUT2D eigenvalue weighted by atomic mass is 79.9. The fraction of sp³-hybridized carbons (Fsp3) is 0.278. The van der Waals surface area contributed by atoms with Crippen LogP contribution in [0.2, 0.25) is 0 Å². The zero-order chi connectivity index (χ0) is 16.8. The summed E-state index contributed by atoms with van der Waals surface area (Å²) in [6, 6.07) is 15.7. The van der Waals surface area contributed by atoms with Crippen molar-refractivity contribution in [2.45, 2.75) is 11.9 Å². The summed E-state index contributed by atoms with van der Waals surface area (Å²) >= 11 is 5.01. The molecule has 0 radical (unpaired) electrons.